The molecule has 0 radical (unpaired) electrons. The van der Waals surface area contributed by atoms with Gasteiger partial charge in [0.15, 0.2) is 0 Å². The minimum Gasteiger partial charge on any atom is -0.355 e. The van der Waals surface area contributed by atoms with Crippen molar-refractivity contribution in [1.29, 1.82) is 0 Å². The fourth-order valence-corrected chi connectivity index (χ4v) is 1.47. The lowest BCUT2D eigenvalue weighted by molar-refractivity contribution is -0.122. The molecule has 0 aliphatic carbocycles. The molecule has 0 aliphatic heterocycles. The van der Waals surface area contributed by atoms with E-state index in [4.69, 9.17) is 0 Å². The lowest BCUT2D eigenvalue weighted by Crippen LogP contribution is -2.43. The van der Waals surface area contributed by atoms with Crippen molar-refractivity contribution in [2.45, 2.75) is 19.4 Å². The number of carbonyl (C=O) groups is 1. The second-order valence-corrected chi connectivity index (χ2v) is 3.43. The Morgan fingerprint density at radius 2 is 1.94 bits per heavy atom. The topological polar surface area (TPSA) is 41.1 Å². The number of carbonyl (C=O) groups excluding carboxylic acids is 1. The molecule has 0 fully saturated rings. The van der Waals surface area contributed by atoms with Gasteiger partial charge in [0.1, 0.15) is 0 Å². The van der Waals surface area contributed by atoms with Crippen LogP contribution in [0.3, 0.4) is 0 Å². The predicted octanol–water partition coefficient (Wildman–Crippen LogP) is 1.37. The lowest BCUT2D eigenvalue weighted by atomic mass is 10.1. The number of hydrogen-bond donors (Lipinski definition) is 2. The van der Waals surface area contributed by atoms with Crippen LogP contribution in [-0.2, 0) is 11.2 Å². The van der Waals surface area contributed by atoms with Crippen molar-refractivity contribution in [3.05, 3.63) is 35.9 Å². The zero-order chi connectivity index (χ0) is 11.1. The lowest BCUT2D eigenvalue weighted by Gasteiger charge is -2.15. The van der Waals surface area contributed by atoms with Gasteiger partial charge < -0.3 is 10.6 Å². The van der Waals surface area contributed by atoms with E-state index < -0.39 is 0 Å². The van der Waals surface area contributed by atoms with Crippen LogP contribution in [-0.4, -0.2) is 25.5 Å². The molecule has 0 saturated heterocycles. The van der Waals surface area contributed by atoms with E-state index in [1.165, 1.54) is 5.56 Å². The Bertz CT molecular complexity index is 303. The number of halogens is 1. The molecule has 4 heteroatoms. The quantitative estimate of drug-likeness (QED) is 0.819. The highest BCUT2D eigenvalue weighted by atomic mass is 35.5. The van der Waals surface area contributed by atoms with Gasteiger partial charge in [-0.05, 0) is 26.0 Å². The molecule has 1 aromatic carbocycles. The molecule has 0 heterocycles. The Labute approximate surface area is 103 Å². The standard InChI is InChI=1S/C12H18N2O.ClH/c1-3-14-12(15)11(13-2)9-10-7-5-4-6-8-10;/h4-8,11,13H,3,9H2,1-2H3,(H,14,15);1H. The summed E-state index contributed by atoms with van der Waals surface area (Å²) in [5.74, 6) is 0.0591. The van der Waals surface area contributed by atoms with Crippen LogP contribution in [0.2, 0.25) is 0 Å². The third-order valence-electron chi connectivity index (χ3n) is 2.30. The van der Waals surface area contributed by atoms with Crippen LogP contribution >= 0.6 is 12.4 Å². The Morgan fingerprint density at radius 1 is 1.31 bits per heavy atom. The van der Waals surface area contributed by atoms with Crippen molar-refractivity contribution in [3.8, 4) is 0 Å². The van der Waals surface area contributed by atoms with Crippen molar-refractivity contribution >= 4 is 18.3 Å². The minimum atomic E-state index is -0.146. The molecule has 0 bridgehead atoms. The van der Waals surface area contributed by atoms with E-state index in [2.05, 4.69) is 10.6 Å². The maximum absolute atomic E-state index is 11.6. The summed E-state index contributed by atoms with van der Waals surface area (Å²) in [6, 6.07) is 9.86. The number of hydrogen-bond acceptors (Lipinski definition) is 2. The normalized spacial score (nSPS) is 11.4. The second-order valence-electron chi connectivity index (χ2n) is 3.43. The molecule has 1 rings (SSSR count). The molecule has 0 aromatic heterocycles. The first-order chi connectivity index (χ1) is 7.27. The summed E-state index contributed by atoms with van der Waals surface area (Å²) in [6.07, 6.45) is 0.725. The van der Waals surface area contributed by atoms with E-state index in [-0.39, 0.29) is 24.4 Å². The van der Waals surface area contributed by atoms with Crippen LogP contribution in [0, 0.1) is 0 Å². The second kappa shape index (κ2) is 8.13. The van der Waals surface area contributed by atoms with Gasteiger partial charge in [0.25, 0.3) is 0 Å². The number of amides is 1. The summed E-state index contributed by atoms with van der Waals surface area (Å²) in [5, 5.41) is 5.84. The molecule has 1 atom stereocenters. The Hall–Kier alpha value is -1.06. The maximum Gasteiger partial charge on any atom is 0.237 e. The summed E-state index contributed by atoms with van der Waals surface area (Å²) >= 11 is 0. The first-order valence-electron chi connectivity index (χ1n) is 5.26. The summed E-state index contributed by atoms with van der Waals surface area (Å²) in [5.41, 5.74) is 1.17. The first-order valence-corrected chi connectivity index (χ1v) is 5.26. The van der Waals surface area contributed by atoms with E-state index in [0.717, 1.165) is 6.42 Å². The molecule has 2 N–H and O–H groups in total. The van der Waals surface area contributed by atoms with Crippen LogP contribution in [0.4, 0.5) is 0 Å². The van der Waals surface area contributed by atoms with Gasteiger partial charge in [-0.1, -0.05) is 30.3 Å². The molecule has 1 unspecified atom stereocenters. The molecule has 1 amide bonds. The van der Waals surface area contributed by atoms with Gasteiger partial charge in [0.05, 0.1) is 6.04 Å². The fraction of sp³-hybridized carbons (Fsp3) is 0.417. The summed E-state index contributed by atoms with van der Waals surface area (Å²) in [4.78, 5) is 11.6. The van der Waals surface area contributed by atoms with Crippen molar-refractivity contribution in [2.24, 2.45) is 0 Å². The highest BCUT2D eigenvalue weighted by Gasteiger charge is 2.15. The molecule has 0 saturated carbocycles. The number of nitrogens with one attached hydrogen (secondary N) is 2. The third-order valence-corrected chi connectivity index (χ3v) is 2.30. The van der Waals surface area contributed by atoms with Gasteiger partial charge in [-0.15, -0.1) is 12.4 Å². The molecule has 3 nitrogen and oxygen atoms in total. The summed E-state index contributed by atoms with van der Waals surface area (Å²) < 4.78 is 0. The van der Waals surface area contributed by atoms with Gasteiger partial charge in [-0.25, -0.2) is 0 Å². The Kier molecular flexibility index (Phi) is 7.60. The van der Waals surface area contributed by atoms with Crippen LogP contribution < -0.4 is 10.6 Å². The predicted molar refractivity (Wildman–Crippen MR) is 68.9 cm³/mol. The highest BCUT2D eigenvalue weighted by molar-refractivity contribution is 5.85. The van der Waals surface area contributed by atoms with Crippen molar-refractivity contribution < 1.29 is 4.79 Å². The third kappa shape index (κ3) is 4.64. The fourth-order valence-electron chi connectivity index (χ4n) is 1.47. The van der Waals surface area contributed by atoms with Gasteiger partial charge in [-0.3, -0.25) is 4.79 Å². The van der Waals surface area contributed by atoms with E-state index >= 15 is 0 Å². The minimum absolute atomic E-state index is 0. The molecular weight excluding hydrogens is 224 g/mol. The van der Waals surface area contributed by atoms with Gasteiger partial charge >= 0.3 is 0 Å². The largest absolute Gasteiger partial charge is 0.355 e. The maximum atomic E-state index is 11.6. The van der Waals surface area contributed by atoms with Crippen LogP contribution in [0.15, 0.2) is 30.3 Å². The van der Waals surface area contributed by atoms with Crippen molar-refractivity contribution in [1.82, 2.24) is 10.6 Å². The van der Waals surface area contributed by atoms with E-state index in [1.54, 1.807) is 0 Å². The zero-order valence-corrected chi connectivity index (χ0v) is 10.5. The molecule has 0 aliphatic rings. The Morgan fingerprint density at radius 3 is 2.44 bits per heavy atom. The Balaban J connectivity index is 0.00000225. The SMILES string of the molecule is CCNC(=O)C(Cc1ccccc1)NC.Cl. The zero-order valence-electron chi connectivity index (χ0n) is 9.69. The van der Waals surface area contributed by atoms with Crippen LogP contribution in [0.25, 0.3) is 0 Å². The number of rotatable bonds is 5. The summed E-state index contributed by atoms with van der Waals surface area (Å²) in [6.45, 7) is 2.60. The molecule has 90 valence electrons. The number of likely N-dealkylation sites (N-methyl/N-ethyl adjacent to an activating group) is 2. The van der Waals surface area contributed by atoms with E-state index in [0.29, 0.717) is 6.54 Å². The molecule has 1 aromatic rings. The smallest absolute Gasteiger partial charge is 0.237 e. The first kappa shape index (κ1) is 14.9. The van der Waals surface area contributed by atoms with Crippen LogP contribution in [0.5, 0.6) is 0 Å². The summed E-state index contributed by atoms with van der Waals surface area (Å²) in [7, 11) is 1.81. The van der Waals surface area contributed by atoms with Gasteiger partial charge in [0.2, 0.25) is 5.91 Å². The van der Waals surface area contributed by atoms with Gasteiger partial charge in [0, 0.05) is 6.54 Å². The molecular formula is C12H19ClN2O. The average Bonchev–Trinajstić information content (AvgIpc) is 2.27. The van der Waals surface area contributed by atoms with Crippen molar-refractivity contribution in [3.63, 3.8) is 0 Å². The van der Waals surface area contributed by atoms with Gasteiger partial charge in [-0.2, -0.15) is 0 Å². The molecule has 16 heavy (non-hydrogen) atoms. The van der Waals surface area contributed by atoms with Crippen molar-refractivity contribution in [2.75, 3.05) is 13.6 Å². The average molecular weight is 243 g/mol. The van der Waals surface area contributed by atoms with E-state index in [1.807, 2.05) is 44.3 Å². The molecule has 0 spiro atoms. The van der Waals surface area contributed by atoms with Crippen LogP contribution in [0.1, 0.15) is 12.5 Å². The highest BCUT2D eigenvalue weighted by Crippen LogP contribution is 2.02. The van der Waals surface area contributed by atoms with E-state index in [9.17, 15) is 4.79 Å². The number of benzene rings is 1. The monoisotopic (exact) mass is 242 g/mol.